The minimum absolute atomic E-state index is 0.0290. The van der Waals surface area contributed by atoms with Crippen molar-refractivity contribution in [3.8, 4) is 0 Å². The summed E-state index contributed by atoms with van der Waals surface area (Å²) in [4.78, 5) is 4.04. The first-order valence-corrected chi connectivity index (χ1v) is 5.09. The van der Waals surface area contributed by atoms with Crippen molar-refractivity contribution in [3.05, 3.63) is 16.1 Å². The molecule has 14 heavy (non-hydrogen) atoms. The summed E-state index contributed by atoms with van der Waals surface area (Å²) in [6.45, 7) is 0.475. The summed E-state index contributed by atoms with van der Waals surface area (Å²) in [6, 6.07) is 0. The average Bonchev–Trinajstić information content (AvgIpc) is 2.49. The summed E-state index contributed by atoms with van der Waals surface area (Å²) in [7, 11) is 0. The van der Waals surface area contributed by atoms with Gasteiger partial charge in [-0.3, -0.25) is 0 Å². The second-order valence-electron chi connectivity index (χ2n) is 2.89. The first-order valence-electron chi connectivity index (χ1n) is 4.21. The van der Waals surface area contributed by atoms with Crippen LogP contribution in [0.1, 0.15) is 17.1 Å². The largest absolute Gasteiger partial charge is 0.389 e. The molecule has 0 bridgehead atoms. The van der Waals surface area contributed by atoms with Gasteiger partial charge in [0.2, 0.25) is 0 Å². The third kappa shape index (κ3) is 4.06. The van der Waals surface area contributed by atoms with Crippen molar-refractivity contribution in [1.82, 2.24) is 4.98 Å². The van der Waals surface area contributed by atoms with Crippen molar-refractivity contribution in [2.24, 2.45) is 5.73 Å². The van der Waals surface area contributed by atoms with E-state index in [9.17, 15) is 13.2 Å². The van der Waals surface area contributed by atoms with Crippen molar-refractivity contribution in [3.63, 3.8) is 0 Å². The van der Waals surface area contributed by atoms with E-state index in [0.717, 1.165) is 5.69 Å². The lowest BCUT2D eigenvalue weighted by atomic mass is 10.3. The molecule has 0 aromatic carbocycles. The molecular weight excluding hydrogens is 213 g/mol. The van der Waals surface area contributed by atoms with Crippen molar-refractivity contribution in [2.45, 2.75) is 25.4 Å². The van der Waals surface area contributed by atoms with Crippen LogP contribution in [0.4, 0.5) is 13.2 Å². The maximum Gasteiger partial charge on any atom is 0.389 e. The Morgan fingerprint density at radius 2 is 2.07 bits per heavy atom. The van der Waals surface area contributed by atoms with E-state index in [-0.39, 0.29) is 6.42 Å². The lowest BCUT2D eigenvalue weighted by Gasteiger charge is -2.02. The number of nitrogens with zero attached hydrogens (tertiary/aromatic N) is 1. The number of hydrogen-bond acceptors (Lipinski definition) is 3. The zero-order valence-electron chi connectivity index (χ0n) is 7.47. The Morgan fingerprint density at radius 3 is 2.64 bits per heavy atom. The van der Waals surface area contributed by atoms with Gasteiger partial charge in [0.25, 0.3) is 0 Å². The first kappa shape index (κ1) is 11.5. The molecule has 0 aliphatic heterocycles. The van der Waals surface area contributed by atoms with E-state index in [2.05, 4.69) is 4.98 Å². The predicted octanol–water partition coefficient (Wildman–Crippen LogP) is 2.14. The third-order valence-corrected chi connectivity index (χ3v) is 2.58. The molecule has 0 radical (unpaired) electrons. The minimum atomic E-state index is -4.10. The van der Waals surface area contributed by atoms with Crippen LogP contribution in [0.15, 0.2) is 5.38 Å². The molecule has 0 saturated carbocycles. The highest BCUT2D eigenvalue weighted by molar-refractivity contribution is 7.09. The van der Waals surface area contributed by atoms with E-state index in [1.165, 1.54) is 11.3 Å². The lowest BCUT2D eigenvalue weighted by Crippen LogP contribution is -2.08. The highest BCUT2D eigenvalue weighted by Gasteiger charge is 2.26. The molecule has 0 spiro atoms. The fraction of sp³-hybridized carbons (Fsp3) is 0.625. The van der Waals surface area contributed by atoms with Crippen molar-refractivity contribution in [2.75, 3.05) is 6.54 Å². The highest BCUT2D eigenvalue weighted by Crippen LogP contribution is 2.23. The highest BCUT2D eigenvalue weighted by atomic mass is 32.1. The van der Waals surface area contributed by atoms with Gasteiger partial charge in [-0.2, -0.15) is 13.2 Å². The second-order valence-corrected chi connectivity index (χ2v) is 3.83. The van der Waals surface area contributed by atoms with Gasteiger partial charge in [-0.1, -0.05) is 0 Å². The zero-order chi connectivity index (χ0) is 10.6. The van der Waals surface area contributed by atoms with E-state index in [1.807, 2.05) is 0 Å². The molecule has 0 aliphatic carbocycles. The normalized spacial score (nSPS) is 12.0. The molecule has 1 rings (SSSR count). The zero-order valence-corrected chi connectivity index (χ0v) is 8.29. The van der Waals surface area contributed by atoms with Crippen LogP contribution in [-0.4, -0.2) is 17.7 Å². The summed E-state index contributed by atoms with van der Waals surface area (Å²) in [5.74, 6) is 0. The Kier molecular flexibility index (Phi) is 3.88. The molecule has 1 aromatic heterocycles. The van der Waals surface area contributed by atoms with Gasteiger partial charge < -0.3 is 5.73 Å². The maximum atomic E-state index is 11.9. The predicted molar refractivity (Wildman–Crippen MR) is 49.2 cm³/mol. The van der Waals surface area contributed by atoms with E-state index in [0.29, 0.717) is 18.0 Å². The first-order chi connectivity index (χ1) is 6.51. The number of halogens is 3. The van der Waals surface area contributed by atoms with Crippen LogP contribution in [0, 0.1) is 0 Å². The van der Waals surface area contributed by atoms with Crippen molar-refractivity contribution >= 4 is 11.3 Å². The van der Waals surface area contributed by atoms with Gasteiger partial charge in [0.1, 0.15) is 0 Å². The monoisotopic (exact) mass is 224 g/mol. The summed E-state index contributed by atoms with van der Waals surface area (Å²) in [5.41, 5.74) is 6.08. The van der Waals surface area contributed by atoms with Crippen molar-refractivity contribution < 1.29 is 13.2 Å². The molecule has 0 aliphatic rings. The van der Waals surface area contributed by atoms with Gasteiger partial charge in [0.15, 0.2) is 0 Å². The molecule has 2 N–H and O–H groups in total. The molecule has 0 unspecified atom stereocenters. The van der Waals surface area contributed by atoms with Crippen LogP contribution in [0.5, 0.6) is 0 Å². The molecule has 0 saturated heterocycles. The van der Waals surface area contributed by atoms with Gasteiger partial charge >= 0.3 is 6.18 Å². The Morgan fingerprint density at radius 1 is 1.36 bits per heavy atom. The summed E-state index contributed by atoms with van der Waals surface area (Å²) in [6.07, 6.45) is -4.30. The molecule has 1 aromatic rings. The molecular formula is C8H11F3N2S. The van der Waals surface area contributed by atoms with Gasteiger partial charge in [0, 0.05) is 24.6 Å². The number of hydrogen-bond donors (Lipinski definition) is 1. The molecule has 6 heteroatoms. The van der Waals surface area contributed by atoms with Crippen LogP contribution in [0.25, 0.3) is 0 Å². The summed E-state index contributed by atoms with van der Waals surface area (Å²) >= 11 is 1.26. The number of alkyl halides is 3. The SMILES string of the molecule is NCCc1csc(CCC(F)(F)F)n1. The Bertz CT molecular complexity index is 282. The fourth-order valence-corrected chi connectivity index (χ4v) is 1.81. The number of rotatable bonds is 4. The van der Waals surface area contributed by atoms with Gasteiger partial charge in [-0.25, -0.2) is 4.98 Å². The molecule has 0 fully saturated rings. The molecule has 0 amide bonds. The van der Waals surface area contributed by atoms with Gasteiger partial charge in [-0.15, -0.1) is 11.3 Å². The van der Waals surface area contributed by atoms with Crippen LogP contribution in [0.3, 0.4) is 0 Å². The summed E-state index contributed by atoms with van der Waals surface area (Å²) in [5, 5.41) is 2.30. The van der Waals surface area contributed by atoms with Crippen LogP contribution < -0.4 is 5.73 Å². The Hall–Kier alpha value is -0.620. The second kappa shape index (κ2) is 4.75. The molecule has 80 valence electrons. The standard InChI is InChI=1S/C8H11F3N2S/c9-8(10,11)3-1-7-13-6(2-4-12)5-14-7/h5H,1-4,12H2. The average molecular weight is 224 g/mol. The number of nitrogens with two attached hydrogens (primary N) is 1. The minimum Gasteiger partial charge on any atom is -0.330 e. The number of aryl methyl sites for hydroxylation is 1. The van der Waals surface area contributed by atoms with E-state index in [1.54, 1.807) is 5.38 Å². The molecule has 0 atom stereocenters. The molecule has 1 heterocycles. The van der Waals surface area contributed by atoms with Crippen molar-refractivity contribution in [1.29, 1.82) is 0 Å². The quantitative estimate of drug-likeness (QED) is 0.851. The maximum absolute atomic E-state index is 11.9. The number of thiazole rings is 1. The smallest absolute Gasteiger partial charge is 0.330 e. The number of aromatic nitrogens is 1. The van der Waals surface area contributed by atoms with E-state index in [4.69, 9.17) is 5.73 Å². The van der Waals surface area contributed by atoms with Gasteiger partial charge in [-0.05, 0) is 6.54 Å². The lowest BCUT2D eigenvalue weighted by molar-refractivity contribution is -0.134. The summed E-state index contributed by atoms with van der Waals surface area (Å²) < 4.78 is 35.6. The Labute approximate surface area is 84.0 Å². The van der Waals surface area contributed by atoms with E-state index >= 15 is 0 Å². The van der Waals surface area contributed by atoms with Crippen LogP contribution in [-0.2, 0) is 12.8 Å². The molecule has 2 nitrogen and oxygen atoms in total. The van der Waals surface area contributed by atoms with E-state index < -0.39 is 12.6 Å². The van der Waals surface area contributed by atoms with Crippen LogP contribution >= 0.6 is 11.3 Å². The topological polar surface area (TPSA) is 38.9 Å². The Balaban J connectivity index is 2.44. The fourth-order valence-electron chi connectivity index (χ4n) is 0.975. The third-order valence-electron chi connectivity index (χ3n) is 1.62. The van der Waals surface area contributed by atoms with Crippen LogP contribution in [0.2, 0.25) is 0 Å². The van der Waals surface area contributed by atoms with Gasteiger partial charge in [0.05, 0.1) is 10.7 Å².